The van der Waals surface area contributed by atoms with E-state index in [9.17, 15) is 0 Å². The first-order valence-corrected chi connectivity index (χ1v) is 5.52. The molecule has 1 fully saturated rings. The number of hydrogen-bond acceptors (Lipinski definition) is 4. The fourth-order valence-corrected chi connectivity index (χ4v) is 2.28. The van der Waals surface area contributed by atoms with E-state index in [-0.39, 0.29) is 0 Å². The summed E-state index contributed by atoms with van der Waals surface area (Å²) in [6.45, 7) is 2.22. The summed E-state index contributed by atoms with van der Waals surface area (Å²) in [6.07, 6.45) is 2.67. The lowest BCUT2D eigenvalue weighted by Gasteiger charge is -2.24. The van der Waals surface area contributed by atoms with E-state index in [4.69, 9.17) is 11.6 Å². The van der Waals surface area contributed by atoms with Crippen molar-refractivity contribution in [3.05, 3.63) is 5.15 Å². The molecule has 1 unspecified atom stereocenters. The van der Waals surface area contributed by atoms with Crippen LogP contribution in [0.5, 0.6) is 0 Å². The van der Waals surface area contributed by atoms with E-state index in [0.717, 1.165) is 11.7 Å². The van der Waals surface area contributed by atoms with E-state index < -0.39 is 0 Å². The van der Waals surface area contributed by atoms with Gasteiger partial charge in [-0.3, -0.25) is 0 Å². The summed E-state index contributed by atoms with van der Waals surface area (Å²) < 4.78 is 8.13. The Morgan fingerprint density at radius 1 is 1.54 bits per heavy atom. The second kappa shape index (κ2) is 3.42. The van der Waals surface area contributed by atoms with Crippen LogP contribution in [-0.4, -0.2) is 21.8 Å². The molecule has 1 aromatic heterocycles. The minimum Gasteiger partial charge on any atom is -0.353 e. The maximum atomic E-state index is 5.90. The highest BCUT2D eigenvalue weighted by molar-refractivity contribution is 6.99. The summed E-state index contributed by atoms with van der Waals surface area (Å²) in [5.74, 6) is 1.65. The number of hydrogen-bond donors (Lipinski definition) is 0. The second-order valence-electron chi connectivity index (χ2n) is 3.57. The predicted molar refractivity (Wildman–Crippen MR) is 55.5 cm³/mol. The van der Waals surface area contributed by atoms with Gasteiger partial charge < -0.3 is 4.90 Å². The zero-order chi connectivity index (χ0) is 9.42. The summed E-state index contributed by atoms with van der Waals surface area (Å²) in [5.41, 5.74) is 0. The summed E-state index contributed by atoms with van der Waals surface area (Å²) >= 11 is 7.07. The van der Waals surface area contributed by atoms with Gasteiger partial charge in [-0.15, -0.1) is 0 Å². The van der Waals surface area contributed by atoms with Crippen LogP contribution in [0.4, 0.5) is 5.82 Å². The average molecular weight is 218 g/mol. The minimum atomic E-state index is 0.528. The van der Waals surface area contributed by atoms with Crippen molar-refractivity contribution in [3.8, 4) is 0 Å². The molecule has 3 nitrogen and oxygen atoms in total. The molecule has 1 aromatic rings. The van der Waals surface area contributed by atoms with Gasteiger partial charge >= 0.3 is 0 Å². The molecule has 0 bridgehead atoms. The third-order valence-electron chi connectivity index (χ3n) is 2.68. The summed E-state index contributed by atoms with van der Waals surface area (Å²) in [4.78, 5) is 2.13. The van der Waals surface area contributed by atoms with Crippen LogP contribution >= 0.6 is 23.3 Å². The van der Waals surface area contributed by atoms with Gasteiger partial charge in [-0.25, -0.2) is 0 Å². The van der Waals surface area contributed by atoms with Crippen LogP contribution in [0.2, 0.25) is 5.15 Å². The molecule has 0 aliphatic heterocycles. The van der Waals surface area contributed by atoms with E-state index in [0.29, 0.717) is 11.2 Å². The van der Waals surface area contributed by atoms with Gasteiger partial charge in [0, 0.05) is 13.1 Å². The zero-order valence-corrected chi connectivity index (χ0v) is 9.27. The molecule has 0 N–H and O–H groups in total. The second-order valence-corrected chi connectivity index (χ2v) is 4.45. The molecule has 0 spiro atoms. The summed E-state index contributed by atoms with van der Waals surface area (Å²) in [5, 5.41) is 0.528. The summed E-state index contributed by atoms with van der Waals surface area (Å²) in [6, 6.07) is 0.529. The Balaban J connectivity index is 2.11. The molecule has 0 saturated heterocycles. The molecule has 5 heteroatoms. The van der Waals surface area contributed by atoms with Crippen molar-refractivity contribution in [2.24, 2.45) is 5.92 Å². The van der Waals surface area contributed by atoms with Crippen molar-refractivity contribution < 1.29 is 0 Å². The molecule has 1 aliphatic carbocycles. The van der Waals surface area contributed by atoms with Gasteiger partial charge in [0.1, 0.15) is 0 Å². The van der Waals surface area contributed by atoms with E-state index in [1.54, 1.807) is 0 Å². The molecular formula is C8H12ClN3S. The SMILES string of the molecule is CC(C1CC1)N(C)c1nsnc1Cl. The van der Waals surface area contributed by atoms with Crippen LogP contribution in [-0.2, 0) is 0 Å². The Morgan fingerprint density at radius 2 is 2.23 bits per heavy atom. The average Bonchev–Trinajstić information content (AvgIpc) is 2.87. The molecule has 1 aliphatic rings. The molecule has 1 saturated carbocycles. The van der Waals surface area contributed by atoms with Crippen molar-refractivity contribution in [3.63, 3.8) is 0 Å². The van der Waals surface area contributed by atoms with Gasteiger partial charge in [-0.2, -0.15) is 8.75 Å². The highest BCUT2D eigenvalue weighted by Gasteiger charge is 2.32. The maximum Gasteiger partial charge on any atom is 0.187 e. The van der Waals surface area contributed by atoms with E-state index in [1.807, 2.05) is 7.05 Å². The monoisotopic (exact) mass is 217 g/mol. The van der Waals surface area contributed by atoms with Gasteiger partial charge in [0.05, 0.1) is 11.7 Å². The van der Waals surface area contributed by atoms with E-state index in [2.05, 4.69) is 20.6 Å². The third kappa shape index (κ3) is 1.79. The molecule has 2 rings (SSSR count). The fourth-order valence-electron chi connectivity index (χ4n) is 1.47. The first-order valence-electron chi connectivity index (χ1n) is 4.41. The van der Waals surface area contributed by atoms with Gasteiger partial charge in [0.2, 0.25) is 0 Å². The first-order chi connectivity index (χ1) is 6.20. The van der Waals surface area contributed by atoms with Crippen LogP contribution in [0.3, 0.4) is 0 Å². The lowest BCUT2D eigenvalue weighted by atomic mass is 10.2. The highest BCUT2D eigenvalue weighted by Crippen LogP contribution is 2.37. The van der Waals surface area contributed by atoms with Crippen molar-refractivity contribution in [2.75, 3.05) is 11.9 Å². The van der Waals surface area contributed by atoms with Crippen molar-refractivity contribution >= 4 is 29.1 Å². The van der Waals surface area contributed by atoms with Crippen LogP contribution in [0, 0.1) is 5.92 Å². The number of anilines is 1. The normalized spacial score (nSPS) is 18.7. The quantitative estimate of drug-likeness (QED) is 0.779. The van der Waals surface area contributed by atoms with Crippen LogP contribution in [0.15, 0.2) is 0 Å². The number of nitrogens with zero attached hydrogens (tertiary/aromatic N) is 3. The van der Waals surface area contributed by atoms with Crippen LogP contribution in [0.1, 0.15) is 19.8 Å². The fraction of sp³-hybridized carbons (Fsp3) is 0.750. The van der Waals surface area contributed by atoms with Gasteiger partial charge in [0.25, 0.3) is 0 Å². The number of aromatic nitrogens is 2. The number of rotatable bonds is 3. The molecular weight excluding hydrogens is 206 g/mol. The molecule has 1 heterocycles. The van der Waals surface area contributed by atoms with Crippen molar-refractivity contribution in [1.29, 1.82) is 0 Å². The minimum absolute atomic E-state index is 0.528. The lowest BCUT2D eigenvalue weighted by molar-refractivity contribution is 0.605. The molecule has 0 amide bonds. The smallest absolute Gasteiger partial charge is 0.187 e. The van der Waals surface area contributed by atoms with Gasteiger partial charge in [0.15, 0.2) is 11.0 Å². The molecule has 0 radical (unpaired) electrons. The topological polar surface area (TPSA) is 29.0 Å². The Labute approximate surface area is 87.0 Å². The Kier molecular flexibility index (Phi) is 2.43. The highest BCUT2D eigenvalue weighted by atomic mass is 35.5. The first kappa shape index (κ1) is 9.21. The van der Waals surface area contributed by atoms with Crippen LogP contribution in [0.25, 0.3) is 0 Å². The number of halogens is 1. The predicted octanol–water partition coefficient (Wildman–Crippen LogP) is 2.43. The largest absolute Gasteiger partial charge is 0.353 e. The summed E-state index contributed by atoms with van der Waals surface area (Å²) in [7, 11) is 2.03. The van der Waals surface area contributed by atoms with E-state index >= 15 is 0 Å². The third-order valence-corrected chi connectivity index (χ3v) is 3.55. The van der Waals surface area contributed by atoms with Crippen molar-refractivity contribution in [1.82, 2.24) is 8.75 Å². The Bertz CT molecular complexity index is 297. The molecule has 72 valence electrons. The molecule has 0 aromatic carbocycles. The lowest BCUT2D eigenvalue weighted by Crippen LogP contribution is -2.30. The zero-order valence-electron chi connectivity index (χ0n) is 7.70. The molecule has 13 heavy (non-hydrogen) atoms. The van der Waals surface area contributed by atoms with Crippen molar-refractivity contribution in [2.45, 2.75) is 25.8 Å². The maximum absolute atomic E-state index is 5.90. The van der Waals surface area contributed by atoms with Gasteiger partial charge in [-0.05, 0) is 25.7 Å². The van der Waals surface area contributed by atoms with Crippen LogP contribution < -0.4 is 4.90 Å². The Hall–Kier alpha value is -0.350. The van der Waals surface area contributed by atoms with E-state index in [1.165, 1.54) is 24.6 Å². The molecule has 1 atom stereocenters. The Morgan fingerprint density at radius 3 is 2.69 bits per heavy atom. The van der Waals surface area contributed by atoms with Gasteiger partial charge in [-0.1, -0.05) is 11.6 Å². The standard InChI is InChI=1S/C8H12ClN3S/c1-5(6-3-4-6)12(2)8-7(9)10-13-11-8/h5-6H,3-4H2,1-2H3.